The van der Waals surface area contributed by atoms with Crippen LogP contribution in [0, 0.1) is 0 Å². The molecule has 4 heteroatoms. The van der Waals surface area contributed by atoms with Gasteiger partial charge in [-0.2, -0.15) is 0 Å². The maximum absolute atomic E-state index is 11.9. The Kier molecular flexibility index (Phi) is 18.3. The van der Waals surface area contributed by atoms with Crippen molar-refractivity contribution < 1.29 is 9.90 Å². The number of rotatable bonds is 19. The lowest BCUT2D eigenvalue weighted by atomic mass is 10.0. The third-order valence-electron chi connectivity index (χ3n) is 5.33. The Morgan fingerprint density at radius 1 is 0.778 bits per heavy atom. The summed E-state index contributed by atoms with van der Waals surface area (Å²) in [5, 5.41) is 12.6. The van der Waals surface area contributed by atoms with Crippen molar-refractivity contribution in [2.45, 2.75) is 129 Å². The minimum absolute atomic E-state index is 0.0456. The van der Waals surface area contributed by atoms with Gasteiger partial charge in [0.25, 0.3) is 0 Å². The van der Waals surface area contributed by atoms with Gasteiger partial charge in [-0.15, -0.1) is 0 Å². The predicted molar refractivity (Wildman–Crippen MR) is 117 cm³/mol. The number of hydrogen-bond acceptors (Lipinski definition) is 3. The van der Waals surface area contributed by atoms with E-state index < -0.39 is 6.10 Å². The molecule has 0 spiro atoms. The summed E-state index contributed by atoms with van der Waals surface area (Å²) in [5.74, 6) is 0.0456. The van der Waals surface area contributed by atoms with Crippen molar-refractivity contribution in [3.8, 4) is 0 Å². The number of nitrogens with one attached hydrogen (secondary N) is 1. The normalized spacial score (nSPS) is 13.7. The minimum Gasteiger partial charge on any atom is -0.390 e. The molecule has 162 valence electrons. The van der Waals surface area contributed by atoms with Crippen LogP contribution in [0.5, 0.6) is 0 Å². The lowest BCUT2D eigenvalue weighted by molar-refractivity contribution is -0.124. The third kappa shape index (κ3) is 17.2. The first-order chi connectivity index (χ1) is 13.0. The van der Waals surface area contributed by atoms with Crippen LogP contribution in [0.25, 0.3) is 0 Å². The van der Waals surface area contributed by atoms with E-state index in [1.165, 1.54) is 83.5 Å². The highest BCUT2D eigenvalue weighted by Crippen LogP contribution is 2.13. The summed E-state index contributed by atoms with van der Waals surface area (Å²) in [6.07, 6.45) is 19.7. The molecule has 0 aromatic carbocycles. The van der Waals surface area contributed by atoms with Gasteiger partial charge in [0, 0.05) is 6.42 Å². The van der Waals surface area contributed by atoms with Gasteiger partial charge in [0.05, 0.1) is 6.10 Å². The van der Waals surface area contributed by atoms with Crippen LogP contribution >= 0.6 is 0 Å². The van der Waals surface area contributed by atoms with Crippen LogP contribution in [0.2, 0.25) is 0 Å². The Morgan fingerprint density at radius 2 is 1.15 bits per heavy atom. The van der Waals surface area contributed by atoms with Gasteiger partial charge in [-0.25, -0.2) is 0 Å². The largest absolute Gasteiger partial charge is 0.390 e. The zero-order valence-electron chi connectivity index (χ0n) is 18.8. The zero-order valence-corrected chi connectivity index (χ0v) is 18.8. The van der Waals surface area contributed by atoms with Gasteiger partial charge in [-0.05, 0) is 27.4 Å². The van der Waals surface area contributed by atoms with Gasteiger partial charge in [0.2, 0.25) is 5.91 Å². The summed E-state index contributed by atoms with van der Waals surface area (Å²) < 4.78 is 0. The molecule has 27 heavy (non-hydrogen) atoms. The van der Waals surface area contributed by atoms with E-state index >= 15 is 0 Å². The molecule has 2 N–H and O–H groups in total. The molecule has 0 aliphatic heterocycles. The highest BCUT2D eigenvalue weighted by molar-refractivity contribution is 5.76. The third-order valence-corrected chi connectivity index (χ3v) is 5.33. The van der Waals surface area contributed by atoms with Crippen LogP contribution in [-0.4, -0.2) is 42.3 Å². The molecular formula is C23H48N2O2. The molecule has 0 rings (SSSR count). The maximum Gasteiger partial charge on any atom is 0.221 e. The van der Waals surface area contributed by atoms with Crippen LogP contribution in [0.15, 0.2) is 0 Å². The molecule has 0 bridgehead atoms. The number of carbonyl (C=O) groups is 1. The van der Waals surface area contributed by atoms with E-state index in [4.69, 9.17) is 0 Å². The topological polar surface area (TPSA) is 52.6 Å². The number of amides is 1. The number of unbranched alkanes of at least 4 members (excludes halogenated alkanes) is 14. The van der Waals surface area contributed by atoms with Crippen molar-refractivity contribution in [3.63, 3.8) is 0 Å². The average molecular weight is 385 g/mol. The number of hydrogen-bond donors (Lipinski definition) is 2. The van der Waals surface area contributed by atoms with Gasteiger partial charge in [0.15, 0.2) is 0 Å². The zero-order chi connectivity index (χ0) is 20.3. The van der Waals surface area contributed by atoms with E-state index in [0.717, 1.165) is 12.8 Å². The first-order valence-electron chi connectivity index (χ1n) is 11.6. The van der Waals surface area contributed by atoms with E-state index in [2.05, 4.69) is 12.2 Å². The molecule has 0 aliphatic carbocycles. The molecular weight excluding hydrogens is 336 g/mol. The molecule has 0 saturated heterocycles. The summed E-state index contributed by atoms with van der Waals surface area (Å²) in [6.45, 7) is 3.98. The number of likely N-dealkylation sites (N-methyl/N-ethyl adjacent to an activating group) is 1. The Labute approximate surface area is 169 Å². The van der Waals surface area contributed by atoms with Crippen molar-refractivity contribution in [2.75, 3.05) is 14.1 Å². The first kappa shape index (κ1) is 26.4. The fraction of sp³-hybridized carbons (Fsp3) is 0.957. The van der Waals surface area contributed by atoms with Gasteiger partial charge in [-0.1, -0.05) is 96.8 Å². The van der Waals surface area contributed by atoms with E-state index in [9.17, 15) is 9.90 Å². The van der Waals surface area contributed by atoms with E-state index in [0.29, 0.717) is 6.42 Å². The van der Waals surface area contributed by atoms with Gasteiger partial charge in [-0.3, -0.25) is 9.69 Å². The lowest BCUT2D eigenvalue weighted by Crippen LogP contribution is -2.51. The fourth-order valence-electron chi connectivity index (χ4n) is 3.58. The van der Waals surface area contributed by atoms with Crippen LogP contribution in [0.3, 0.4) is 0 Å². The fourth-order valence-corrected chi connectivity index (χ4v) is 3.58. The van der Waals surface area contributed by atoms with Crippen molar-refractivity contribution in [1.29, 1.82) is 0 Å². The van der Waals surface area contributed by atoms with E-state index in [1.54, 1.807) is 6.92 Å². The molecule has 0 radical (unpaired) electrons. The van der Waals surface area contributed by atoms with Crippen LogP contribution in [-0.2, 0) is 4.79 Å². The summed E-state index contributed by atoms with van der Waals surface area (Å²) in [6, 6.07) is 0. The second-order valence-corrected chi connectivity index (χ2v) is 8.42. The van der Waals surface area contributed by atoms with Crippen molar-refractivity contribution in [3.05, 3.63) is 0 Å². The maximum atomic E-state index is 11.9. The second kappa shape index (κ2) is 18.7. The molecule has 0 heterocycles. The minimum atomic E-state index is -0.565. The SMILES string of the molecule is CCCCCCCCCCCCCCCCCC(=O)NC(C(C)O)N(C)C. The number of aliphatic hydroxyl groups excluding tert-OH is 1. The van der Waals surface area contributed by atoms with Crippen molar-refractivity contribution >= 4 is 5.91 Å². The molecule has 0 aromatic heterocycles. The highest BCUT2D eigenvalue weighted by atomic mass is 16.3. The molecule has 4 nitrogen and oxygen atoms in total. The molecule has 2 unspecified atom stereocenters. The predicted octanol–water partition coefficient (Wildman–Crippen LogP) is 5.63. The molecule has 1 amide bonds. The molecule has 0 aliphatic rings. The van der Waals surface area contributed by atoms with Crippen molar-refractivity contribution in [1.82, 2.24) is 10.2 Å². The Balaban J connectivity index is 3.34. The van der Waals surface area contributed by atoms with E-state index in [-0.39, 0.29) is 12.1 Å². The Hall–Kier alpha value is -0.610. The second-order valence-electron chi connectivity index (χ2n) is 8.42. The average Bonchev–Trinajstić information content (AvgIpc) is 2.62. The summed E-state index contributed by atoms with van der Waals surface area (Å²) in [4.78, 5) is 13.8. The van der Waals surface area contributed by atoms with Crippen LogP contribution in [0.1, 0.15) is 117 Å². The summed E-state index contributed by atoms with van der Waals surface area (Å²) in [5.41, 5.74) is 0. The molecule has 0 aromatic rings. The number of aliphatic hydroxyl groups is 1. The first-order valence-corrected chi connectivity index (χ1v) is 11.6. The summed E-state index contributed by atoms with van der Waals surface area (Å²) in [7, 11) is 3.73. The van der Waals surface area contributed by atoms with Gasteiger partial charge in [0.1, 0.15) is 6.17 Å². The summed E-state index contributed by atoms with van der Waals surface area (Å²) >= 11 is 0. The standard InChI is InChI=1S/C23H48N2O2/c1-5-6-7-8-9-10-11-12-13-14-15-16-17-18-19-20-22(27)24-23(21(2)26)25(3)4/h21,23,26H,5-20H2,1-4H3,(H,24,27). The number of nitrogens with zero attached hydrogens (tertiary/aromatic N) is 1. The van der Waals surface area contributed by atoms with Gasteiger partial charge >= 0.3 is 0 Å². The quantitative estimate of drug-likeness (QED) is 0.224. The Morgan fingerprint density at radius 3 is 1.48 bits per heavy atom. The monoisotopic (exact) mass is 384 g/mol. The highest BCUT2D eigenvalue weighted by Gasteiger charge is 2.18. The smallest absolute Gasteiger partial charge is 0.221 e. The van der Waals surface area contributed by atoms with Crippen molar-refractivity contribution in [2.24, 2.45) is 0 Å². The number of carbonyl (C=O) groups excluding carboxylic acids is 1. The van der Waals surface area contributed by atoms with Crippen LogP contribution in [0.4, 0.5) is 0 Å². The molecule has 2 atom stereocenters. The Bertz CT molecular complexity index is 324. The lowest BCUT2D eigenvalue weighted by Gasteiger charge is -2.27. The molecule has 0 saturated carbocycles. The van der Waals surface area contributed by atoms with Gasteiger partial charge < -0.3 is 10.4 Å². The van der Waals surface area contributed by atoms with Crippen LogP contribution < -0.4 is 5.32 Å². The molecule has 0 fully saturated rings. The van der Waals surface area contributed by atoms with E-state index in [1.807, 2.05) is 19.0 Å².